The first-order valence-corrected chi connectivity index (χ1v) is 6.08. The molecule has 1 aromatic carbocycles. The van der Waals surface area contributed by atoms with Gasteiger partial charge < -0.3 is 5.32 Å². The van der Waals surface area contributed by atoms with Crippen molar-refractivity contribution in [1.29, 1.82) is 0 Å². The molecular formula is C13H17ClFNO. The van der Waals surface area contributed by atoms with Gasteiger partial charge in [0.25, 0.3) is 0 Å². The summed E-state index contributed by atoms with van der Waals surface area (Å²) in [6.07, 6.45) is 0.320. The number of rotatable bonds is 5. The van der Waals surface area contributed by atoms with Crippen molar-refractivity contribution in [1.82, 2.24) is 5.32 Å². The summed E-state index contributed by atoms with van der Waals surface area (Å²) in [4.78, 5) is 11.3. The molecule has 0 aliphatic rings. The quantitative estimate of drug-likeness (QED) is 0.808. The molecule has 1 amide bonds. The molecule has 0 aromatic heterocycles. The Bertz CT molecular complexity index is 376. The average molecular weight is 258 g/mol. The molecule has 2 nitrogen and oxygen atoms in total. The van der Waals surface area contributed by atoms with E-state index in [1.165, 1.54) is 12.1 Å². The third-order valence-corrected chi connectivity index (χ3v) is 2.86. The van der Waals surface area contributed by atoms with Crippen LogP contribution in [0.5, 0.6) is 0 Å². The fraction of sp³-hybridized carbons (Fsp3) is 0.462. The van der Waals surface area contributed by atoms with Crippen molar-refractivity contribution in [3.8, 4) is 0 Å². The minimum absolute atomic E-state index is 0.0600. The molecular weight excluding hydrogens is 241 g/mol. The first-order chi connectivity index (χ1) is 7.95. The largest absolute Gasteiger partial charge is 0.355 e. The third-order valence-electron chi connectivity index (χ3n) is 2.67. The van der Waals surface area contributed by atoms with Crippen molar-refractivity contribution in [2.75, 3.05) is 12.4 Å². The van der Waals surface area contributed by atoms with Gasteiger partial charge in [-0.25, -0.2) is 4.39 Å². The van der Waals surface area contributed by atoms with Gasteiger partial charge in [0.05, 0.1) is 0 Å². The Kier molecular flexibility index (Phi) is 4.94. The van der Waals surface area contributed by atoms with Crippen molar-refractivity contribution in [2.45, 2.75) is 25.7 Å². The van der Waals surface area contributed by atoms with E-state index in [4.69, 9.17) is 11.6 Å². The summed E-state index contributed by atoms with van der Waals surface area (Å²) in [7, 11) is 0. The lowest BCUT2D eigenvalue weighted by molar-refractivity contribution is -0.120. The van der Waals surface area contributed by atoms with Gasteiger partial charge in [-0.3, -0.25) is 4.79 Å². The van der Waals surface area contributed by atoms with E-state index in [0.717, 1.165) is 5.56 Å². The lowest BCUT2D eigenvalue weighted by Gasteiger charge is -2.25. The number of nitrogens with one attached hydrogen (secondary N) is 1. The normalized spacial score (nSPS) is 11.3. The summed E-state index contributed by atoms with van der Waals surface area (Å²) in [5.74, 6) is 0.00826. The highest BCUT2D eigenvalue weighted by molar-refractivity contribution is 6.18. The maximum absolute atomic E-state index is 12.8. The summed E-state index contributed by atoms with van der Waals surface area (Å²) in [6, 6.07) is 6.33. The van der Waals surface area contributed by atoms with Gasteiger partial charge in [0, 0.05) is 24.3 Å². The van der Waals surface area contributed by atoms with Crippen molar-refractivity contribution >= 4 is 17.5 Å². The topological polar surface area (TPSA) is 29.1 Å². The second-order valence-corrected chi connectivity index (χ2v) is 4.98. The molecule has 0 aliphatic heterocycles. The molecule has 94 valence electrons. The Morgan fingerprint density at radius 2 is 1.94 bits per heavy atom. The van der Waals surface area contributed by atoms with E-state index >= 15 is 0 Å². The van der Waals surface area contributed by atoms with Crippen molar-refractivity contribution in [2.24, 2.45) is 0 Å². The van der Waals surface area contributed by atoms with Crippen LogP contribution in [0.25, 0.3) is 0 Å². The van der Waals surface area contributed by atoms with Gasteiger partial charge in [-0.2, -0.15) is 0 Å². The van der Waals surface area contributed by atoms with Crippen LogP contribution in [0.1, 0.15) is 25.8 Å². The highest BCUT2D eigenvalue weighted by atomic mass is 35.5. The van der Waals surface area contributed by atoms with E-state index in [-0.39, 0.29) is 17.1 Å². The second kappa shape index (κ2) is 6.01. The number of hydrogen-bond acceptors (Lipinski definition) is 1. The molecule has 17 heavy (non-hydrogen) atoms. The van der Waals surface area contributed by atoms with Gasteiger partial charge in [0.1, 0.15) is 5.82 Å². The number of benzene rings is 1. The van der Waals surface area contributed by atoms with Crippen LogP contribution < -0.4 is 5.32 Å². The molecule has 0 saturated heterocycles. The molecule has 1 rings (SSSR count). The van der Waals surface area contributed by atoms with Crippen LogP contribution in [-0.4, -0.2) is 18.3 Å². The van der Waals surface area contributed by atoms with Crippen LogP contribution in [0, 0.1) is 5.82 Å². The van der Waals surface area contributed by atoms with Crippen LogP contribution >= 0.6 is 11.6 Å². The maximum Gasteiger partial charge on any atom is 0.221 e. The predicted molar refractivity (Wildman–Crippen MR) is 67.8 cm³/mol. The fourth-order valence-corrected chi connectivity index (χ4v) is 1.67. The second-order valence-electron chi connectivity index (χ2n) is 4.61. The molecule has 0 bridgehead atoms. The fourth-order valence-electron chi connectivity index (χ4n) is 1.50. The molecule has 0 heterocycles. The Morgan fingerprint density at radius 3 is 2.47 bits per heavy atom. The summed E-state index contributed by atoms with van der Waals surface area (Å²) in [6.45, 7) is 4.51. The molecule has 0 saturated carbocycles. The van der Waals surface area contributed by atoms with Gasteiger partial charge in [-0.15, -0.1) is 11.6 Å². The van der Waals surface area contributed by atoms with Crippen LogP contribution in [0.3, 0.4) is 0 Å². The van der Waals surface area contributed by atoms with E-state index in [2.05, 4.69) is 5.32 Å². The lowest BCUT2D eigenvalue weighted by Crippen LogP contribution is -2.36. The summed E-state index contributed by atoms with van der Waals surface area (Å²) >= 11 is 5.48. The molecule has 0 fully saturated rings. The Balaban J connectivity index is 2.61. The lowest BCUT2D eigenvalue weighted by atomic mass is 9.84. The molecule has 4 heteroatoms. The van der Waals surface area contributed by atoms with Gasteiger partial charge in [0.15, 0.2) is 0 Å². The smallest absolute Gasteiger partial charge is 0.221 e. The van der Waals surface area contributed by atoms with Gasteiger partial charge >= 0.3 is 0 Å². The number of carbonyl (C=O) groups excluding carboxylic acids is 1. The van der Waals surface area contributed by atoms with Gasteiger partial charge in [0.2, 0.25) is 5.91 Å². The molecule has 0 radical (unpaired) electrons. The molecule has 0 atom stereocenters. The monoisotopic (exact) mass is 257 g/mol. The zero-order valence-corrected chi connectivity index (χ0v) is 10.9. The van der Waals surface area contributed by atoms with E-state index in [1.54, 1.807) is 12.1 Å². The summed E-state index contributed by atoms with van der Waals surface area (Å²) in [5.41, 5.74) is 0.764. The molecule has 0 aliphatic carbocycles. The van der Waals surface area contributed by atoms with E-state index in [9.17, 15) is 9.18 Å². The Hall–Kier alpha value is -1.09. The van der Waals surface area contributed by atoms with E-state index in [1.807, 2.05) is 13.8 Å². The molecule has 1 aromatic rings. The first-order valence-electron chi connectivity index (χ1n) is 5.54. The molecule has 0 unspecified atom stereocenters. The SMILES string of the molecule is CC(C)(CNC(=O)CCCl)c1ccc(F)cc1. The van der Waals surface area contributed by atoms with Crippen molar-refractivity contribution in [3.05, 3.63) is 35.6 Å². The number of amides is 1. The van der Waals surface area contributed by atoms with Crippen molar-refractivity contribution < 1.29 is 9.18 Å². The van der Waals surface area contributed by atoms with Crippen LogP contribution in [-0.2, 0) is 10.2 Å². The van der Waals surface area contributed by atoms with E-state index in [0.29, 0.717) is 18.8 Å². The minimum atomic E-state index is -0.254. The maximum atomic E-state index is 12.8. The van der Waals surface area contributed by atoms with E-state index < -0.39 is 0 Å². The number of alkyl halides is 1. The Labute approximate surface area is 106 Å². The van der Waals surface area contributed by atoms with Crippen LogP contribution in [0.2, 0.25) is 0 Å². The van der Waals surface area contributed by atoms with Gasteiger partial charge in [-0.1, -0.05) is 26.0 Å². The summed E-state index contributed by atoms with van der Waals surface area (Å²) in [5, 5.41) is 2.82. The minimum Gasteiger partial charge on any atom is -0.355 e. The number of halogens is 2. The van der Waals surface area contributed by atoms with Crippen LogP contribution in [0.4, 0.5) is 4.39 Å². The molecule has 0 spiro atoms. The zero-order valence-electron chi connectivity index (χ0n) is 10.1. The highest BCUT2D eigenvalue weighted by Crippen LogP contribution is 2.22. The van der Waals surface area contributed by atoms with Crippen molar-refractivity contribution in [3.63, 3.8) is 0 Å². The molecule has 1 N–H and O–H groups in total. The standard InChI is InChI=1S/C13H17ClFNO/c1-13(2,9-16-12(17)7-8-14)10-3-5-11(15)6-4-10/h3-6H,7-9H2,1-2H3,(H,16,17). The summed E-state index contributed by atoms with van der Waals surface area (Å²) < 4.78 is 12.8. The average Bonchev–Trinajstić information content (AvgIpc) is 2.28. The van der Waals surface area contributed by atoms with Crippen LogP contribution in [0.15, 0.2) is 24.3 Å². The number of hydrogen-bond donors (Lipinski definition) is 1. The zero-order chi connectivity index (χ0) is 12.9. The third kappa shape index (κ3) is 4.35. The number of carbonyl (C=O) groups is 1. The van der Waals surface area contributed by atoms with Gasteiger partial charge in [-0.05, 0) is 17.7 Å². The highest BCUT2D eigenvalue weighted by Gasteiger charge is 2.21. The predicted octanol–water partition coefficient (Wildman–Crippen LogP) is 2.85. The first kappa shape index (κ1) is 14.0. The Morgan fingerprint density at radius 1 is 1.35 bits per heavy atom.